The van der Waals surface area contributed by atoms with Crippen molar-refractivity contribution in [3.8, 4) is 57.1 Å². The molecule has 5 aromatic rings. The van der Waals surface area contributed by atoms with Gasteiger partial charge in [-0.1, -0.05) is 24.3 Å². The van der Waals surface area contributed by atoms with E-state index in [1.54, 1.807) is 50.6 Å². The third-order valence-electron chi connectivity index (χ3n) is 9.69. The highest BCUT2D eigenvalue weighted by molar-refractivity contribution is 5.82. The molecule has 0 bridgehead atoms. The van der Waals surface area contributed by atoms with Crippen molar-refractivity contribution in [3.63, 3.8) is 0 Å². The van der Waals surface area contributed by atoms with Gasteiger partial charge in [0.1, 0.15) is 40.6 Å². The van der Waals surface area contributed by atoms with Crippen LogP contribution in [0.3, 0.4) is 0 Å². The lowest BCUT2D eigenvalue weighted by Crippen LogP contribution is -2.16. The Bertz CT molecular complexity index is 2020. The van der Waals surface area contributed by atoms with E-state index in [0.29, 0.717) is 42.3 Å². The number of phenolic OH excluding ortho intramolecular Hbond substituents is 4. The molecule has 4 N–H and O–H groups in total. The third kappa shape index (κ3) is 5.57. The maximum absolute atomic E-state index is 11.5. The van der Waals surface area contributed by atoms with Crippen molar-refractivity contribution in [2.45, 2.75) is 44.1 Å². The van der Waals surface area contributed by atoms with Crippen LogP contribution in [0.1, 0.15) is 51.0 Å². The van der Waals surface area contributed by atoms with Crippen molar-refractivity contribution in [2.75, 3.05) is 21.3 Å². The van der Waals surface area contributed by atoms with Crippen molar-refractivity contribution in [1.82, 2.24) is 0 Å². The van der Waals surface area contributed by atoms with Crippen LogP contribution >= 0.6 is 0 Å². The molecule has 0 saturated heterocycles. The molecule has 0 spiro atoms. The number of hydrogen-bond acceptors (Lipinski definition) is 8. The van der Waals surface area contributed by atoms with E-state index in [2.05, 4.69) is 0 Å². The van der Waals surface area contributed by atoms with Crippen LogP contribution in [0.15, 0.2) is 78.9 Å². The first-order chi connectivity index (χ1) is 23.3. The minimum absolute atomic E-state index is 0.0363. The predicted octanol–water partition coefficient (Wildman–Crippen LogP) is 7.55. The number of ether oxygens (including phenoxy) is 4. The van der Waals surface area contributed by atoms with Crippen molar-refractivity contribution in [1.29, 1.82) is 0 Å². The quantitative estimate of drug-likeness (QED) is 0.130. The number of phenols is 4. The molecule has 0 aromatic heterocycles. The lowest BCUT2D eigenvalue weighted by molar-refractivity contribution is 0.207. The fourth-order valence-electron chi connectivity index (χ4n) is 7.44. The highest BCUT2D eigenvalue weighted by atomic mass is 16.5. The molecule has 8 heteroatoms. The molecule has 0 saturated carbocycles. The maximum atomic E-state index is 11.5. The Morgan fingerprint density at radius 2 is 1.54 bits per heavy atom. The van der Waals surface area contributed by atoms with Gasteiger partial charge in [-0.2, -0.15) is 0 Å². The zero-order valence-electron chi connectivity index (χ0n) is 27.1. The van der Waals surface area contributed by atoms with E-state index in [1.807, 2.05) is 42.5 Å². The summed E-state index contributed by atoms with van der Waals surface area (Å²) >= 11 is 0. The highest BCUT2D eigenvalue weighted by Crippen LogP contribution is 2.56. The molecule has 1 aliphatic heterocycles. The molecule has 5 aromatic carbocycles. The Hall–Kier alpha value is -5.50. The molecule has 1 heterocycles. The average Bonchev–Trinajstić information content (AvgIpc) is 3.45. The molecule has 2 aliphatic rings. The van der Waals surface area contributed by atoms with E-state index in [-0.39, 0.29) is 28.9 Å². The topological polar surface area (TPSA) is 118 Å². The van der Waals surface area contributed by atoms with Gasteiger partial charge in [0.05, 0.1) is 21.3 Å². The van der Waals surface area contributed by atoms with E-state index in [0.717, 1.165) is 62.9 Å². The standard InChI is InChI=1S/C40H38O8/c1-45-28-17-24(8-7-22-5-4-6-26(41)15-22)31(34(44)19-28)20-32-39-30-12-9-23-16-27(42)11-13-29(23)38(30)36(47-3)21-37(39)48-40(32)25-10-14-33(43)35(18-25)46-2/h4-6,10-11,13-19,21,32,40-44H,7-9,12,20H2,1-3H3/t32-,40+/m1/s1. The average molecular weight is 647 g/mol. The van der Waals surface area contributed by atoms with Crippen LogP contribution in [-0.2, 0) is 32.1 Å². The number of aryl methyl sites for hydroxylation is 3. The molecular formula is C40H38O8. The van der Waals surface area contributed by atoms with E-state index in [1.165, 1.54) is 7.11 Å². The van der Waals surface area contributed by atoms with Gasteiger partial charge in [-0.3, -0.25) is 0 Å². The molecule has 2 atom stereocenters. The van der Waals surface area contributed by atoms with Gasteiger partial charge < -0.3 is 39.4 Å². The molecule has 0 amide bonds. The Labute approximate surface area is 279 Å². The van der Waals surface area contributed by atoms with Crippen molar-refractivity contribution in [3.05, 3.63) is 118 Å². The fourth-order valence-corrected chi connectivity index (χ4v) is 7.44. The van der Waals surface area contributed by atoms with Crippen LogP contribution in [0.5, 0.6) is 46.0 Å². The summed E-state index contributed by atoms with van der Waals surface area (Å²) in [4.78, 5) is 0. The predicted molar refractivity (Wildman–Crippen MR) is 182 cm³/mol. The summed E-state index contributed by atoms with van der Waals surface area (Å²) in [6, 6.07) is 23.5. The van der Waals surface area contributed by atoms with E-state index in [4.69, 9.17) is 18.9 Å². The number of rotatable bonds is 9. The van der Waals surface area contributed by atoms with Gasteiger partial charge >= 0.3 is 0 Å². The van der Waals surface area contributed by atoms with Gasteiger partial charge in [-0.25, -0.2) is 0 Å². The van der Waals surface area contributed by atoms with E-state index >= 15 is 0 Å². The summed E-state index contributed by atoms with van der Waals surface area (Å²) in [7, 11) is 4.75. The molecule has 7 rings (SSSR count). The zero-order chi connectivity index (χ0) is 33.5. The van der Waals surface area contributed by atoms with Crippen LogP contribution < -0.4 is 18.9 Å². The normalized spacial score (nSPS) is 16.0. The summed E-state index contributed by atoms with van der Waals surface area (Å²) in [5.41, 5.74) is 8.77. The molecule has 8 nitrogen and oxygen atoms in total. The van der Waals surface area contributed by atoms with Gasteiger partial charge in [0, 0.05) is 29.2 Å². The molecule has 48 heavy (non-hydrogen) atoms. The summed E-state index contributed by atoms with van der Waals surface area (Å²) in [5, 5.41) is 42.3. The Kier molecular flexibility index (Phi) is 8.17. The van der Waals surface area contributed by atoms with Gasteiger partial charge in [0.2, 0.25) is 0 Å². The van der Waals surface area contributed by atoms with Crippen LogP contribution in [0.25, 0.3) is 11.1 Å². The molecule has 1 aliphatic carbocycles. The van der Waals surface area contributed by atoms with Crippen LogP contribution in [0.4, 0.5) is 0 Å². The van der Waals surface area contributed by atoms with Crippen molar-refractivity contribution < 1.29 is 39.4 Å². The third-order valence-corrected chi connectivity index (χ3v) is 9.69. The van der Waals surface area contributed by atoms with E-state index < -0.39 is 6.10 Å². The van der Waals surface area contributed by atoms with Gasteiger partial charge in [0.15, 0.2) is 11.5 Å². The van der Waals surface area contributed by atoms with Gasteiger partial charge in [-0.15, -0.1) is 0 Å². The fraction of sp³-hybridized carbons (Fsp3) is 0.250. The molecule has 0 fully saturated rings. The van der Waals surface area contributed by atoms with Crippen LogP contribution in [-0.4, -0.2) is 41.8 Å². The summed E-state index contributed by atoms with van der Waals surface area (Å²) < 4.78 is 23.8. The lowest BCUT2D eigenvalue weighted by Gasteiger charge is -2.27. The minimum atomic E-state index is -0.465. The van der Waals surface area contributed by atoms with Gasteiger partial charge in [-0.05, 0) is 114 Å². The van der Waals surface area contributed by atoms with E-state index in [9.17, 15) is 20.4 Å². The Balaban J connectivity index is 1.38. The number of benzene rings is 5. The summed E-state index contributed by atoms with van der Waals surface area (Å²) in [6.45, 7) is 0. The summed E-state index contributed by atoms with van der Waals surface area (Å²) in [6.07, 6.45) is 2.71. The Morgan fingerprint density at radius 3 is 2.31 bits per heavy atom. The molecule has 246 valence electrons. The first-order valence-corrected chi connectivity index (χ1v) is 16.0. The second kappa shape index (κ2) is 12.6. The first kappa shape index (κ1) is 31.1. The number of hydrogen-bond donors (Lipinski definition) is 4. The number of fused-ring (bicyclic) bond motifs is 5. The second-order valence-electron chi connectivity index (χ2n) is 12.4. The van der Waals surface area contributed by atoms with Crippen molar-refractivity contribution in [2.24, 2.45) is 0 Å². The SMILES string of the molecule is COc1cc(O)c(C[C@@H]2c3c(cc(OC)c4c3CCc3cc(O)ccc3-4)O[C@H]2c2ccc(O)c(OC)c2)c(CCc2cccc(O)c2)c1. The van der Waals surface area contributed by atoms with Gasteiger partial charge in [0.25, 0.3) is 0 Å². The number of methoxy groups -OCH3 is 3. The highest BCUT2D eigenvalue weighted by Gasteiger charge is 2.41. The second-order valence-corrected chi connectivity index (χ2v) is 12.4. The minimum Gasteiger partial charge on any atom is -0.508 e. The smallest absolute Gasteiger partial charge is 0.160 e. The first-order valence-electron chi connectivity index (χ1n) is 16.0. The molecule has 0 unspecified atom stereocenters. The largest absolute Gasteiger partial charge is 0.508 e. The monoisotopic (exact) mass is 646 g/mol. The zero-order valence-corrected chi connectivity index (χ0v) is 27.1. The number of aromatic hydroxyl groups is 4. The molecular weight excluding hydrogens is 608 g/mol. The van der Waals surface area contributed by atoms with Crippen molar-refractivity contribution >= 4 is 0 Å². The van der Waals surface area contributed by atoms with Crippen LogP contribution in [0, 0.1) is 0 Å². The maximum Gasteiger partial charge on any atom is 0.160 e. The van der Waals surface area contributed by atoms with Crippen LogP contribution in [0.2, 0.25) is 0 Å². The lowest BCUT2D eigenvalue weighted by atomic mass is 9.76. The Morgan fingerprint density at radius 1 is 0.729 bits per heavy atom. The molecule has 0 radical (unpaired) electrons. The summed E-state index contributed by atoms with van der Waals surface area (Å²) in [5.74, 6) is 2.70.